The lowest BCUT2D eigenvalue weighted by atomic mass is 9.98. The van der Waals surface area contributed by atoms with E-state index < -0.39 is 41.0 Å². The third-order valence-corrected chi connectivity index (χ3v) is 7.51. The Balaban J connectivity index is 1.40. The highest BCUT2D eigenvalue weighted by Crippen LogP contribution is 2.37. The van der Waals surface area contributed by atoms with Crippen LogP contribution in [0.4, 0.5) is 26.3 Å². The molecule has 6 nitrogen and oxygen atoms in total. The number of hydrogen-bond donors (Lipinski definition) is 2. The number of halogens is 6. The van der Waals surface area contributed by atoms with Crippen LogP contribution in [0.3, 0.4) is 0 Å². The number of benzene rings is 3. The van der Waals surface area contributed by atoms with Crippen molar-refractivity contribution in [3.05, 3.63) is 101 Å². The number of rotatable bonds is 7. The summed E-state index contributed by atoms with van der Waals surface area (Å²) in [5.41, 5.74) is -1.41. The molecule has 1 aromatic heterocycles. The Bertz CT molecular complexity index is 1600. The topological polar surface area (TPSA) is 71.9 Å². The summed E-state index contributed by atoms with van der Waals surface area (Å²) in [7, 11) is 0. The van der Waals surface area contributed by atoms with E-state index in [0.29, 0.717) is 50.3 Å². The average Bonchev–Trinajstić information content (AvgIpc) is 3.37. The molecule has 12 heteroatoms. The van der Waals surface area contributed by atoms with E-state index in [1.165, 1.54) is 4.90 Å². The van der Waals surface area contributed by atoms with Crippen LogP contribution in [0, 0.1) is 0 Å². The minimum Gasteiger partial charge on any atom is -0.507 e. The zero-order chi connectivity index (χ0) is 30.8. The van der Waals surface area contributed by atoms with Crippen molar-refractivity contribution in [2.75, 3.05) is 32.7 Å². The van der Waals surface area contributed by atoms with Crippen LogP contribution in [-0.2, 0) is 18.8 Å². The number of hydrogen-bond acceptors (Lipinski definition) is 4. The first-order chi connectivity index (χ1) is 20.4. The molecule has 0 saturated carbocycles. The van der Waals surface area contributed by atoms with Crippen molar-refractivity contribution in [2.45, 2.75) is 24.8 Å². The maximum absolute atomic E-state index is 13.6. The van der Waals surface area contributed by atoms with Crippen molar-refractivity contribution in [1.82, 2.24) is 14.8 Å². The molecular formula is C31H28F6N4O2. The second-order valence-corrected chi connectivity index (χ2v) is 10.4. The van der Waals surface area contributed by atoms with Crippen LogP contribution in [0.15, 0.2) is 77.9 Å². The lowest BCUT2D eigenvalue weighted by Gasteiger charge is -2.41. The van der Waals surface area contributed by atoms with Crippen molar-refractivity contribution < 1.29 is 36.2 Å². The van der Waals surface area contributed by atoms with E-state index in [1.54, 1.807) is 36.7 Å². The molecule has 1 amide bonds. The number of amides is 1. The lowest BCUT2D eigenvalue weighted by molar-refractivity contribution is -0.143. The van der Waals surface area contributed by atoms with Crippen molar-refractivity contribution in [2.24, 2.45) is 4.99 Å². The molecule has 1 aliphatic rings. The Morgan fingerprint density at radius 3 is 2.33 bits per heavy atom. The van der Waals surface area contributed by atoms with Gasteiger partial charge in [-0.25, -0.2) is 0 Å². The van der Waals surface area contributed by atoms with E-state index >= 15 is 0 Å². The molecule has 0 spiro atoms. The number of phenolic OH excluding ortho intramolecular Hbond substituents is 1. The summed E-state index contributed by atoms with van der Waals surface area (Å²) in [5, 5.41) is 10.8. The number of carbonyl (C=O) groups is 1. The van der Waals surface area contributed by atoms with Crippen LogP contribution < -0.4 is 0 Å². The molecule has 2 heterocycles. The molecule has 43 heavy (non-hydrogen) atoms. The van der Waals surface area contributed by atoms with Crippen molar-refractivity contribution in [3.8, 4) is 5.75 Å². The summed E-state index contributed by atoms with van der Waals surface area (Å²) in [6.45, 7) is 1.67. The molecular weight excluding hydrogens is 574 g/mol. The summed E-state index contributed by atoms with van der Waals surface area (Å²) >= 11 is 0. The van der Waals surface area contributed by atoms with Gasteiger partial charge in [-0.05, 0) is 48.4 Å². The molecule has 0 aliphatic carbocycles. The van der Waals surface area contributed by atoms with Gasteiger partial charge in [-0.2, -0.15) is 26.3 Å². The highest BCUT2D eigenvalue weighted by Gasteiger charge is 2.39. The summed E-state index contributed by atoms with van der Waals surface area (Å²) in [6, 6.07) is 14.7. The predicted molar refractivity (Wildman–Crippen MR) is 150 cm³/mol. The van der Waals surface area contributed by atoms with Gasteiger partial charge in [0.15, 0.2) is 0 Å². The third kappa shape index (κ3) is 7.02. The molecule has 0 bridgehead atoms. The van der Waals surface area contributed by atoms with Crippen LogP contribution in [0.5, 0.6) is 5.75 Å². The van der Waals surface area contributed by atoms with Crippen molar-refractivity contribution in [1.29, 1.82) is 0 Å². The van der Waals surface area contributed by atoms with Gasteiger partial charge < -0.3 is 15.0 Å². The van der Waals surface area contributed by atoms with Crippen LogP contribution >= 0.6 is 0 Å². The maximum Gasteiger partial charge on any atom is 0.416 e. The van der Waals surface area contributed by atoms with Gasteiger partial charge in [-0.1, -0.05) is 30.3 Å². The Morgan fingerprint density at radius 1 is 0.953 bits per heavy atom. The number of alkyl halides is 6. The van der Waals surface area contributed by atoms with E-state index in [2.05, 4.69) is 14.9 Å². The molecule has 0 radical (unpaired) electrons. The number of phenols is 1. The number of para-hydroxylation sites is 2. The van der Waals surface area contributed by atoms with E-state index in [4.69, 9.17) is 0 Å². The van der Waals surface area contributed by atoms with E-state index in [9.17, 15) is 36.2 Å². The van der Waals surface area contributed by atoms with Gasteiger partial charge in [0.25, 0.3) is 5.91 Å². The van der Waals surface area contributed by atoms with Crippen LogP contribution in [0.2, 0.25) is 0 Å². The van der Waals surface area contributed by atoms with Gasteiger partial charge in [0.05, 0.1) is 17.7 Å². The highest BCUT2D eigenvalue weighted by atomic mass is 19.4. The predicted octanol–water partition coefficient (Wildman–Crippen LogP) is 6.40. The van der Waals surface area contributed by atoms with Crippen LogP contribution in [-0.4, -0.2) is 70.8 Å². The number of aromatic nitrogens is 1. The number of carbonyl (C=O) groups excluding carboxylic acids is 1. The third-order valence-electron chi connectivity index (χ3n) is 7.51. The number of piperazine rings is 1. The zero-order valence-electron chi connectivity index (χ0n) is 22.8. The number of aliphatic imine (C=N–C) groups is 1. The molecule has 1 fully saturated rings. The number of fused-ring (bicyclic) bond motifs is 1. The smallest absolute Gasteiger partial charge is 0.416 e. The molecule has 2 N–H and O–H groups in total. The summed E-state index contributed by atoms with van der Waals surface area (Å²) in [6.07, 6.45) is -6.43. The second-order valence-electron chi connectivity index (χ2n) is 10.4. The van der Waals surface area contributed by atoms with Gasteiger partial charge in [0.2, 0.25) is 0 Å². The largest absolute Gasteiger partial charge is 0.507 e. The summed E-state index contributed by atoms with van der Waals surface area (Å²) in [5.74, 6) is -0.792. The Morgan fingerprint density at radius 2 is 1.63 bits per heavy atom. The van der Waals surface area contributed by atoms with E-state index in [-0.39, 0.29) is 18.4 Å². The Kier molecular flexibility index (Phi) is 8.50. The summed E-state index contributed by atoms with van der Waals surface area (Å²) < 4.78 is 81.1. The second kappa shape index (κ2) is 12.1. The van der Waals surface area contributed by atoms with Gasteiger partial charge >= 0.3 is 12.4 Å². The minimum atomic E-state index is -5.06. The van der Waals surface area contributed by atoms with Crippen molar-refractivity contribution in [3.63, 3.8) is 0 Å². The number of nitrogens with zero attached hydrogens (tertiary/aromatic N) is 3. The van der Waals surface area contributed by atoms with Crippen LogP contribution in [0.25, 0.3) is 10.9 Å². The lowest BCUT2D eigenvalue weighted by Crippen LogP contribution is -2.56. The zero-order valence-corrected chi connectivity index (χ0v) is 22.8. The molecule has 1 atom stereocenters. The molecule has 1 aliphatic heterocycles. The van der Waals surface area contributed by atoms with Crippen LogP contribution in [0.1, 0.15) is 32.6 Å². The van der Waals surface area contributed by atoms with E-state index in [0.717, 1.165) is 16.5 Å². The highest BCUT2D eigenvalue weighted by molar-refractivity contribution is 5.95. The van der Waals surface area contributed by atoms with E-state index in [1.807, 2.05) is 24.3 Å². The monoisotopic (exact) mass is 602 g/mol. The fourth-order valence-corrected chi connectivity index (χ4v) is 5.32. The average molecular weight is 603 g/mol. The van der Waals surface area contributed by atoms with Gasteiger partial charge in [-0.3, -0.25) is 14.7 Å². The van der Waals surface area contributed by atoms with Gasteiger partial charge in [-0.15, -0.1) is 0 Å². The van der Waals surface area contributed by atoms with Gasteiger partial charge in [0, 0.05) is 66.7 Å². The first-order valence-corrected chi connectivity index (χ1v) is 13.6. The standard InChI is InChI=1S/C31H28F6N4O2/c32-30(33,34)23-13-21(14-24(16-23)31(35,36)37)29(43)41-12-11-40(10-9-38-17-20-5-1-4-8-28(20)42)19-25(41)15-22-18-39-27-7-3-2-6-26(22)27/h1-8,13-14,16-18,25,39,42H,9-12,15,19H2/t25-/m1/s1. The fourth-order valence-electron chi connectivity index (χ4n) is 5.32. The molecule has 5 rings (SSSR count). The Labute approximate surface area is 243 Å². The molecule has 3 aromatic carbocycles. The molecule has 4 aromatic rings. The first kappa shape index (κ1) is 30.1. The maximum atomic E-state index is 13.6. The number of aromatic amines is 1. The quantitative estimate of drug-likeness (QED) is 0.190. The normalized spacial score (nSPS) is 16.8. The number of nitrogens with one attached hydrogen (secondary N) is 1. The fraction of sp³-hybridized carbons (Fsp3) is 0.290. The van der Waals surface area contributed by atoms with Crippen molar-refractivity contribution >= 4 is 23.0 Å². The summed E-state index contributed by atoms with van der Waals surface area (Å²) in [4.78, 5) is 24.6. The minimum absolute atomic E-state index is 0.0217. The Hall–Kier alpha value is -4.32. The molecule has 1 saturated heterocycles. The molecule has 0 unspecified atom stereocenters. The molecule has 226 valence electrons. The SMILES string of the molecule is O=C(c1cc(C(F)(F)F)cc(C(F)(F)F)c1)N1CCN(CCN=Cc2ccccc2O)C[C@H]1Cc1c[nH]c2ccccc12. The van der Waals surface area contributed by atoms with Gasteiger partial charge in [0.1, 0.15) is 5.75 Å². The number of H-pyrrole nitrogens is 1. The first-order valence-electron chi connectivity index (χ1n) is 13.6. The number of aromatic hydroxyl groups is 1.